The SMILES string of the molecule is C=CC(C(C)C(C)C)C1(C(CC)CCC)CC1. The van der Waals surface area contributed by atoms with Crippen molar-refractivity contribution in [1.82, 2.24) is 0 Å². The Balaban J connectivity index is 2.82. The molecule has 3 atom stereocenters. The predicted octanol–water partition coefficient (Wildman–Crippen LogP) is 5.69. The third-order valence-electron chi connectivity index (χ3n) is 5.31. The molecule has 0 aromatic carbocycles. The van der Waals surface area contributed by atoms with Gasteiger partial charge in [0.05, 0.1) is 0 Å². The molecule has 17 heavy (non-hydrogen) atoms. The quantitative estimate of drug-likeness (QED) is 0.475. The fourth-order valence-electron chi connectivity index (χ4n) is 3.79. The Morgan fingerprint density at radius 3 is 2.06 bits per heavy atom. The zero-order valence-electron chi connectivity index (χ0n) is 12.6. The molecule has 0 heterocycles. The highest BCUT2D eigenvalue weighted by atomic mass is 14.6. The molecule has 100 valence electrons. The molecule has 1 saturated carbocycles. The van der Waals surface area contributed by atoms with Crippen LogP contribution in [0.2, 0.25) is 0 Å². The first kappa shape index (κ1) is 14.8. The molecular formula is C17H32. The molecule has 0 radical (unpaired) electrons. The minimum Gasteiger partial charge on any atom is -0.103 e. The van der Waals surface area contributed by atoms with Crippen molar-refractivity contribution in [1.29, 1.82) is 0 Å². The summed E-state index contributed by atoms with van der Waals surface area (Å²) >= 11 is 0. The van der Waals surface area contributed by atoms with Crippen LogP contribution in [0, 0.1) is 29.1 Å². The molecule has 1 fully saturated rings. The maximum absolute atomic E-state index is 4.15. The Hall–Kier alpha value is -0.260. The Morgan fingerprint density at radius 1 is 1.18 bits per heavy atom. The van der Waals surface area contributed by atoms with E-state index in [0.717, 1.165) is 23.7 Å². The molecule has 0 amide bonds. The number of hydrogen-bond acceptors (Lipinski definition) is 0. The van der Waals surface area contributed by atoms with Gasteiger partial charge in [0.25, 0.3) is 0 Å². The van der Waals surface area contributed by atoms with Crippen LogP contribution in [0.4, 0.5) is 0 Å². The van der Waals surface area contributed by atoms with Gasteiger partial charge in [0.1, 0.15) is 0 Å². The van der Waals surface area contributed by atoms with Crippen LogP contribution in [0.25, 0.3) is 0 Å². The van der Waals surface area contributed by atoms with E-state index in [1.54, 1.807) is 0 Å². The average molecular weight is 236 g/mol. The Bertz CT molecular complexity index is 234. The van der Waals surface area contributed by atoms with Crippen LogP contribution in [-0.4, -0.2) is 0 Å². The lowest BCUT2D eigenvalue weighted by atomic mass is 9.67. The van der Waals surface area contributed by atoms with Crippen LogP contribution in [0.1, 0.15) is 66.7 Å². The summed E-state index contributed by atoms with van der Waals surface area (Å²) in [4.78, 5) is 0. The van der Waals surface area contributed by atoms with E-state index in [1.165, 1.54) is 32.1 Å². The standard InChI is InChI=1S/C17H32/c1-7-10-15(8-2)17(11-12-17)16(9-3)14(6)13(4)5/h9,13-16H,3,7-8,10-12H2,1-2,4-6H3. The van der Waals surface area contributed by atoms with Gasteiger partial charge in [-0.25, -0.2) is 0 Å². The van der Waals surface area contributed by atoms with E-state index < -0.39 is 0 Å². The summed E-state index contributed by atoms with van der Waals surface area (Å²) in [6.07, 6.45) is 9.25. The zero-order valence-corrected chi connectivity index (χ0v) is 12.6. The van der Waals surface area contributed by atoms with Crippen LogP contribution in [-0.2, 0) is 0 Å². The largest absolute Gasteiger partial charge is 0.103 e. The summed E-state index contributed by atoms with van der Waals surface area (Å²) in [5, 5.41) is 0. The summed E-state index contributed by atoms with van der Waals surface area (Å²) < 4.78 is 0. The van der Waals surface area contributed by atoms with E-state index in [4.69, 9.17) is 0 Å². The second-order valence-corrected chi connectivity index (χ2v) is 6.49. The van der Waals surface area contributed by atoms with E-state index in [2.05, 4.69) is 47.3 Å². The molecule has 0 heteroatoms. The fraction of sp³-hybridized carbons (Fsp3) is 0.882. The first-order valence-electron chi connectivity index (χ1n) is 7.66. The molecule has 1 aliphatic carbocycles. The molecule has 0 N–H and O–H groups in total. The van der Waals surface area contributed by atoms with Crippen molar-refractivity contribution in [3.05, 3.63) is 12.7 Å². The lowest BCUT2D eigenvalue weighted by Gasteiger charge is -2.37. The van der Waals surface area contributed by atoms with Crippen LogP contribution >= 0.6 is 0 Å². The zero-order chi connectivity index (χ0) is 13.1. The monoisotopic (exact) mass is 236 g/mol. The third-order valence-corrected chi connectivity index (χ3v) is 5.31. The highest BCUT2D eigenvalue weighted by Gasteiger charge is 2.53. The van der Waals surface area contributed by atoms with E-state index in [0.29, 0.717) is 5.41 Å². The topological polar surface area (TPSA) is 0 Å². The summed E-state index contributed by atoms with van der Waals surface area (Å²) in [5.41, 5.74) is 0.621. The predicted molar refractivity (Wildman–Crippen MR) is 78.0 cm³/mol. The minimum atomic E-state index is 0.621. The van der Waals surface area contributed by atoms with Gasteiger partial charge < -0.3 is 0 Å². The van der Waals surface area contributed by atoms with Gasteiger partial charge in [-0.3, -0.25) is 0 Å². The fourth-order valence-corrected chi connectivity index (χ4v) is 3.79. The number of allylic oxidation sites excluding steroid dienone is 1. The van der Waals surface area contributed by atoms with E-state index in [-0.39, 0.29) is 0 Å². The van der Waals surface area contributed by atoms with Gasteiger partial charge in [0, 0.05) is 0 Å². The molecule has 0 spiro atoms. The molecule has 1 aliphatic rings. The van der Waals surface area contributed by atoms with Crippen molar-refractivity contribution < 1.29 is 0 Å². The lowest BCUT2D eigenvalue weighted by molar-refractivity contribution is 0.143. The third kappa shape index (κ3) is 2.95. The van der Waals surface area contributed by atoms with Crippen LogP contribution in [0.15, 0.2) is 12.7 Å². The second kappa shape index (κ2) is 6.07. The second-order valence-electron chi connectivity index (χ2n) is 6.49. The molecular weight excluding hydrogens is 204 g/mol. The van der Waals surface area contributed by atoms with Crippen LogP contribution in [0.5, 0.6) is 0 Å². The summed E-state index contributed by atoms with van der Waals surface area (Å²) in [7, 11) is 0. The molecule has 3 unspecified atom stereocenters. The van der Waals surface area contributed by atoms with Crippen molar-refractivity contribution in [3.63, 3.8) is 0 Å². The molecule has 0 aromatic heterocycles. The molecule has 0 aromatic rings. The first-order valence-corrected chi connectivity index (χ1v) is 7.66. The van der Waals surface area contributed by atoms with Gasteiger partial charge in [0.15, 0.2) is 0 Å². The normalized spacial score (nSPS) is 23.2. The molecule has 0 bridgehead atoms. The smallest absolute Gasteiger partial charge is 0.0149 e. The average Bonchev–Trinajstić information content (AvgIpc) is 3.08. The molecule has 0 saturated heterocycles. The van der Waals surface area contributed by atoms with Crippen molar-refractivity contribution >= 4 is 0 Å². The molecule has 0 aliphatic heterocycles. The summed E-state index contributed by atoms with van der Waals surface area (Å²) in [6.45, 7) is 16.0. The molecule has 0 nitrogen and oxygen atoms in total. The van der Waals surface area contributed by atoms with Crippen LogP contribution < -0.4 is 0 Å². The van der Waals surface area contributed by atoms with Crippen molar-refractivity contribution in [3.8, 4) is 0 Å². The van der Waals surface area contributed by atoms with E-state index >= 15 is 0 Å². The van der Waals surface area contributed by atoms with Gasteiger partial charge in [-0.1, -0.05) is 60.0 Å². The van der Waals surface area contributed by atoms with Crippen molar-refractivity contribution in [2.75, 3.05) is 0 Å². The minimum absolute atomic E-state index is 0.621. The van der Waals surface area contributed by atoms with Gasteiger partial charge >= 0.3 is 0 Å². The van der Waals surface area contributed by atoms with Crippen molar-refractivity contribution in [2.45, 2.75) is 66.7 Å². The van der Waals surface area contributed by atoms with Crippen molar-refractivity contribution in [2.24, 2.45) is 29.1 Å². The van der Waals surface area contributed by atoms with Gasteiger partial charge in [0.2, 0.25) is 0 Å². The summed E-state index contributed by atoms with van der Waals surface area (Å²) in [5.74, 6) is 3.21. The van der Waals surface area contributed by atoms with Gasteiger partial charge in [-0.05, 0) is 41.9 Å². The van der Waals surface area contributed by atoms with Crippen LogP contribution in [0.3, 0.4) is 0 Å². The van der Waals surface area contributed by atoms with E-state index in [9.17, 15) is 0 Å². The Kier molecular flexibility index (Phi) is 5.28. The van der Waals surface area contributed by atoms with Gasteiger partial charge in [-0.2, -0.15) is 0 Å². The maximum Gasteiger partial charge on any atom is -0.0149 e. The highest BCUT2D eigenvalue weighted by Crippen LogP contribution is 2.62. The highest BCUT2D eigenvalue weighted by molar-refractivity contribution is 5.09. The number of rotatable bonds is 8. The van der Waals surface area contributed by atoms with Gasteiger partial charge in [-0.15, -0.1) is 6.58 Å². The Labute approximate surface area is 109 Å². The van der Waals surface area contributed by atoms with E-state index in [1.807, 2.05) is 0 Å². The maximum atomic E-state index is 4.15. The number of hydrogen-bond donors (Lipinski definition) is 0. The first-order chi connectivity index (χ1) is 8.03. The molecule has 1 rings (SSSR count). The summed E-state index contributed by atoms with van der Waals surface area (Å²) in [6, 6.07) is 0. The lowest BCUT2D eigenvalue weighted by Crippen LogP contribution is -2.30. The Morgan fingerprint density at radius 2 is 1.76 bits per heavy atom.